The van der Waals surface area contributed by atoms with E-state index in [0.29, 0.717) is 16.1 Å². The quantitative estimate of drug-likeness (QED) is 0.610. The molecule has 0 aliphatic heterocycles. The highest BCUT2D eigenvalue weighted by Gasteiger charge is 2.24. The van der Waals surface area contributed by atoms with Crippen LogP contribution < -0.4 is 0 Å². The summed E-state index contributed by atoms with van der Waals surface area (Å²) >= 11 is 6.17. The van der Waals surface area contributed by atoms with E-state index in [-0.39, 0.29) is 17.1 Å². The minimum absolute atomic E-state index is 0.0131. The highest BCUT2D eigenvalue weighted by molar-refractivity contribution is 6.31. The molecule has 122 valence electrons. The van der Waals surface area contributed by atoms with Crippen LogP contribution in [-0.4, -0.2) is 5.78 Å². The maximum absolute atomic E-state index is 13.0. The summed E-state index contributed by atoms with van der Waals surface area (Å²) in [7, 11) is 0. The molecule has 3 rings (SSSR count). The lowest BCUT2D eigenvalue weighted by molar-refractivity contribution is 0.103. The summed E-state index contributed by atoms with van der Waals surface area (Å²) in [6.45, 7) is 6.59. The molecule has 1 unspecified atom stereocenters. The van der Waals surface area contributed by atoms with Gasteiger partial charge in [-0.2, -0.15) is 0 Å². The van der Waals surface area contributed by atoms with Crippen molar-refractivity contribution >= 4 is 17.4 Å². The summed E-state index contributed by atoms with van der Waals surface area (Å²) in [6.07, 6.45) is 6.56. The molecule has 0 heterocycles. The molecule has 2 aromatic rings. The Kier molecular flexibility index (Phi) is 4.47. The van der Waals surface area contributed by atoms with E-state index < -0.39 is 0 Å². The molecule has 2 heteroatoms. The van der Waals surface area contributed by atoms with Crippen LogP contribution in [0.1, 0.15) is 48.2 Å². The van der Waals surface area contributed by atoms with Crippen molar-refractivity contribution in [3.05, 3.63) is 94.0 Å². The molecule has 2 aromatic carbocycles. The molecule has 1 aliphatic carbocycles. The van der Waals surface area contributed by atoms with E-state index in [4.69, 9.17) is 11.6 Å². The second-order valence-corrected chi connectivity index (χ2v) is 7.62. The number of hydrogen-bond acceptors (Lipinski definition) is 1. The Hall–Kier alpha value is -2.12. The van der Waals surface area contributed by atoms with Gasteiger partial charge < -0.3 is 0 Å². The van der Waals surface area contributed by atoms with E-state index in [0.717, 1.165) is 5.56 Å². The van der Waals surface area contributed by atoms with Crippen molar-refractivity contribution in [2.45, 2.75) is 26.7 Å². The van der Waals surface area contributed by atoms with Crippen LogP contribution in [0, 0.1) is 5.41 Å². The van der Waals surface area contributed by atoms with Gasteiger partial charge in [0, 0.05) is 22.1 Å². The normalized spacial score (nSPS) is 17.0. The number of benzene rings is 2. The predicted octanol–water partition coefficient (Wildman–Crippen LogP) is 6.20. The average molecular weight is 337 g/mol. The van der Waals surface area contributed by atoms with E-state index in [9.17, 15) is 4.79 Å². The van der Waals surface area contributed by atoms with Crippen molar-refractivity contribution in [2.75, 3.05) is 0 Å². The van der Waals surface area contributed by atoms with Gasteiger partial charge in [0.15, 0.2) is 5.78 Å². The van der Waals surface area contributed by atoms with Gasteiger partial charge in [-0.25, -0.2) is 0 Å². The summed E-state index contributed by atoms with van der Waals surface area (Å²) in [6, 6.07) is 15.0. The Morgan fingerprint density at radius 1 is 1.04 bits per heavy atom. The molecule has 0 fully saturated rings. The van der Waals surface area contributed by atoms with Crippen LogP contribution in [0.4, 0.5) is 0 Å². The van der Waals surface area contributed by atoms with E-state index >= 15 is 0 Å². The van der Waals surface area contributed by atoms with E-state index in [2.05, 4.69) is 39.0 Å². The lowest BCUT2D eigenvalue weighted by Crippen LogP contribution is -2.08. The minimum atomic E-state index is 0.0131. The van der Waals surface area contributed by atoms with Gasteiger partial charge in [0.05, 0.1) is 0 Å². The summed E-state index contributed by atoms with van der Waals surface area (Å²) in [5.74, 6) is 0.123. The van der Waals surface area contributed by atoms with Crippen molar-refractivity contribution in [3.63, 3.8) is 0 Å². The maximum Gasteiger partial charge on any atom is 0.193 e. The number of carbonyl (C=O) groups excluding carboxylic acids is 1. The van der Waals surface area contributed by atoms with Crippen LogP contribution in [-0.2, 0) is 0 Å². The summed E-state index contributed by atoms with van der Waals surface area (Å²) in [5, 5.41) is 0.583. The second kappa shape index (κ2) is 6.41. The van der Waals surface area contributed by atoms with Crippen LogP contribution in [0.2, 0.25) is 5.02 Å². The Labute approximate surface area is 148 Å². The fourth-order valence-electron chi connectivity index (χ4n) is 2.97. The lowest BCUT2D eigenvalue weighted by atomic mass is 9.86. The van der Waals surface area contributed by atoms with Gasteiger partial charge in [-0.3, -0.25) is 4.79 Å². The zero-order valence-electron chi connectivity index (χ0n) is 14.2. The fourth-order valence-corrected chi connectivity index (χ4v) is 3.14. The average Bonchev–Trinajstić information content (AvgIpc) is 3.05. The van der Waals surface area contributed by atoms with Gasteiger partial charge in [0.25, 0.3) is 0 Å². The number of rotatable bonds is 3. The number of allylic oxidation sites excluding steroid dienone is 4. The third-order valence-corrected chi connectivity index (χ3v) is 4.60. The maximum atomic E-state index is 13.0. The minimum Gasteiger partial charge on any atom is -0.289 e. The van der Waals surface area contributed by atoms with Crippen molar-refractivity contribution in [1.29, 1.82) is 0 Å². The number of carbonyl (C=O) groups is 1. The number of ketones is 1. The van der Waals surface area contributed by atoms with Crippen LogP contribution in [0.3, 0.4) is 0 Å². The second-order valence-electron chi connectivity index (χ2n) is 7.18. The first-order valence-corrected chi connectivity index (χ1v) is 8.54. The first-order valence-electron chi connectivity index (χ1n) is 8.16. The van der Waals surface area contributed by atoms with Crippen LogP contribution in [0.25, 0.3) is 0 Å². The van der Waals surface area contributed by atoms with Gasteiger partial charge >= 0.3 is 0 Å². The fraction of sp³-hybridized carbons (Fsp3) is 0.227. The standard InChI is InChI=1S/C22H21ClO/c1-22(2,3)17-10-9-16(13-17)19-12-11-18(23)14-20(19)21(24)15-7-5-4-6-8-15/h4-14,16H,1-3H3. The van der Waals surface area contributed by atoms with Gasteiger partial charge in [-0.05, 0) is 28.7 Å². The van der Waals surface area contributed by atoms with Crippen molar-refractivity contribution in [3.8, 4) is 0 Å². The zero-order chi connectivity index (χ0) is 17.3. The smallest absolute Gasteiger partial charge is 0.193 e. The molecule has 0 N–H and O–H groups in total. The first-order chi connectivity index (χ1) is 11.4. The molecule has 0 aromatic heterocycles. The lowest BCUT2D eigenvalue weighted by Gasteiger charge is -2.19. The summed E-state index contributed by atoms with van der Waals surface area (Å²) in [4.78, 5) is 13.0. The van der Waals surface area contributed by atoms with Crippen molar-refractivity contribution in [1.82, 2.24) is 0 Å². The zero-order valence-corrected chi connectivity index (χ0v) is 15.0. The van der Waals surface area contributed by atoms with Crippen molar-refractivity contribution in [2.24, 2.45) is 5.41 Å². The molecule has 0 amide bonds. The molecule has 1 nitrogen and oxygen atoms in total. The molecule has 1 aliphatic rings. The molecule has 1 atom stereocenters. The van der Waals surface area contributed by atoms with Gasteiger partial charge in [0.2, 0.25) is 0 Å². The topological polar surface area (TPSA) is 17.1 Å². The summed E-state index contributed by atoms with van der Waals surface area (Å²) in [5.41, 5.74) is 3.75. The Bertz CT molecular complexity index is 823. The number of hydrogen-bond donors (Lipinski definition) is 0. The Morgan fingerprint density at radius 2 is 1.75 bits per heavy atom. The van der Waals surface area contributed by atoms with Crippen LogP contribution in [0.5, 0.6) is 0 Å². The largest absolute Gasteiger partial charge is 0.289 e. The molecule has 0 spiro atoms. The molecular weight excluding hydrogens is 316 g/mol. The molecule has 0 saturated heterocycles. The van der Waals surface area contributed by atoms with Gasteiger partial charge in [-0.15, -0.1) is 0 Å². The van der Waals surface area contributed by atoms with Gasteiger partial charge in [-0.1, -0.05) is 87.0 Å². The van der Waals surface area contributed by atoms with Crippen LogP contribution in [0.15, 0.2) is 72.3 Å². The SMILES string of the molecule is CC(C)(C)C1=CC(c2ccc(Cl)cc2C(=O)c2ccccc2)C=C1. The highest BCUT2D eigenvalue weighted by atomic mass is 35.5. The van der Waals surface area contributed by atoms with E-state index in [1.54, 1.807) is 6.07 Å². The molecule has 0 saturated carbocycles. The van der Waals surface area contributed by atoms with Gasteiger partial charge in [0.1, 0.15) is 0 Å². The molecule has 0 radical (unpaired) electrons. The van der Waals surface area contributed by atoms with Crippen molar-refractivity contribution < 1.29 is 4.79 Å². The molecular formula is C22H21ClO. The third kappa shape index (κ3) is 3.37. The Morgan fingerprint density at radius 3 is 2.38 bits per heavy atom. The third-order valence-electron chi connectivity index (χ3n) is 4.36. The van der Waals surface area contributed by atoms with E-state index in [1.807, 2.05) is 42.5 Å². The first kappa shape index (κ1) is 16.7. The Balaban J connectivity index is 2.04. The van der Waals surface area contributed by atoms with E-state index in [1.165, 1.54) is 5.57 Å². The predicted molar refractivity (Wildman–Crippen MR) is 101 cm³/mol. The summed E-state index contributed by atoms with van der Waals surface area (Å²) < 4.78 is 0. The number of halogens is 1. The van der Waals surface area contributed by atoms with Crippen LogP contribution >= 0.6 is 11.6 Å². The molecule has 0 bridgehead atoms. The highest BCUT2D eigenvalue weighted by Crippen LogP contribution is 2.37. The molecule has 24 heavy (non-hydrogen) atoms. The monoisotopic (exact) mass is 336 g/mol.